The summed E-state index contributed by atoms with van der Waals surface area (Å²) in [6.07, 6.45) is -1.98. The van der Waals surface area contributed by atoms with Gasteiger partial charge in [0.1, 0.15) is 35.8 Å². The monoisotopic (exact) mass is 578 g/mol. The topological polar surface area (TPSA) is 140 Å². The number of amides is 3. The van der Waals surface area contributed by atoms with Crippen LogP contribution >= 0.6 is 0 Å². The zero-order valence-electron chi connectivity index (χ0n) is 22.2. The predicted molar refractivity (Wildman–Crippen MR) is 143 cm³/mol. The van der Waals surface area contributed by atoms with Crippen molar-refractivity contribution in [2.75, 3.05) is 9.80 Å². The number of hydrogen-bond donors (Lipinski definition) is 2. The summed E-state index contributed by atoms with van der Waals surface area (Å²) in [4.78, 5) is 51.2. The molecule has 10 nitrogen and oxygen atoms in total. The van der Waals surface area contributed by atoms with Crippen LogP contribution in [-0.2, 0) is 14.4 Å². The predicted octanol–water partition coefficient (Wildman–Crippen LogP) is 2.95. The number of carbonyl (C=O) groups is 3. The number of carbonyl (C=O) groups excluding carboxylic acids is 3. The summed E-state index contributed by atoms with van der Waals surface area (Å²) in [6.45, 7) is 1.69. The molecule has 1 aliphatic carbocycles. The van der Waals surface area contributed by atoms with Crippen molar-refractivity contribution in [3.63, 3.8) is 0 Å². The van der Waals surface area contributed by atoms with Crippen molar-refractivity contribution in [2.24, 2.45) is 0 Å². The Morgan fingerprint density at radius 1 is 1.19 bits per heavy atom. The van der Waals surface area contributed by atoms with Crippen LogP contribution in [-0.4, -0.2) is 56.9 Å². The zero-order valence-corrected chi connectivity index (χ0v) is 22.2. The lowest BCUT2D eigenvalue weighted by Crippen LogP contribution is -2.56. The largest absolute Gasteiger partial charge is 0.383 e. The van der Waals surface area contributed by atoms with E-state index in [-0.39, 0.29) is 17.3 Å². The van der Waals surface area contributed by atoms with Gasteiger partial charge in [0.15, 0.2) is 0 Å². The Labute approximate surface area is 238 Å². The van der Waals surface area contributed by atoms with Gasteiger partial charge in [0.2, 0.25) is 11.9 Å². The van der Waals surface area contributed by atoms with Crippen LogP contribution in [0.25, 0.3) is 0 Å². The van der Waals surface area contributed by atoms with Gasteiger partial charge in [-0.3, -0.25) is 24.2 Å². The zero-order chi connectivity index (χ0) is 30.2. The molecule has 0 bridgehead atoms. The fraction of sp³-hybridized carbons (Fsp3) is 0.310. The average molecular weight is 579 g/mol. The first-order valence-corrected chi connectivity index (χ1v) is 13.1. The molecule has 1 aromatic heterocycles. The minimum Gasteiger partial charge on any atom is -0.383 e. The van der Waals surface area contributed by atoms with Gasteiger partial charge in [-0.2, -0.15) is 5.26 Å². The molecule has 1 saturated heterocycles. The molecule has 2 aromatic carbocycles. The Morgan fingerprint density at radius 2 is 1.93 bits per heavy atom. The molecular formula is C29H25F3N6O4. The van der Waals surface area contributed by atoms with Gasteiger partial charge in [-0.1, -0.05) is 30.3 Å². The number of nitrogens with zero attached hydrogens (tertiary/aromatic N) is 5. The molecular weight excluding hydrogens is 553 g/mol. The third-order valence-corrected chi connectivity index (χ3v) is 7.29. The standard InChI is InChI=1S/C29H25F3N6O4/c1-16-5-2-3-8-21(16)24(25(40)35-19-13-29(31,32)14-19)37(20-7-4-6-17(30)11-20)26(41)22-12-23(39)27(42)38(22)28-34-10-9-18(15-33)36-28/h2-11,19,22-24,39H,12-14H2,1H3,(H,35,40). The maximum absolute atomic E-state index is 14.5. The molecule has 3 aromatic rings. The van der Waals surface area contributed by atoms with E-state index in [9.17, 15) is 37.9 Å². The number of aryl methyl sites for hydroxylation is 1. The Morgan fingerprint density at radius 3 is 2.60 bits per heavy atom. The highest BCUT2D eigenvalue weighted by molar-refractivity contribution is 6.11. The van der Waals surface area contributed by atoms with Crippen LogP contribution in [0, 0.1) is 24.1 Å². The molecule has 42 heavy (non-hydrogen) atoms. The SMILES string of the molecule is Cc1ccccc1C(C(=O)NC1CC(F)(F)C1)N(C(=O)C1CC(O)C(=O)N1c1nccc(C#N)n1)c1cccc(F)c1. The van der Waals surface area contributed by atoms with Crippen molar-refractivity contribution < 1.29 is 32.7 Å². The number of benzene rings is 2. The van der Waals surface area contributed by atoms with E-state index in [0.717, 1.165) is 21.9 Å². The summed E-state index contributed by atoms with van der Waals surface area (Å²) in [5.74, 6) is -6.55. The third-order valence-electron chi connectivity index (χ3n) is 7.29. The van der Waals surface area contributed by atoms with Gasteiger partial charge in [-0.25, -0.2) is 23.1 Å². The molecule has 1 saturated carbocycles. The van der Waals surface area contributed by atoms with E-state index in [0.29, 0.717) is 11.1 Å². The minimum atomic E-state index is -2.92. The molecule has 2 N–H and O–H groups in total. The summed E-state index contributed by atoms with van der Waals surface area (Å²) in [5.41, 5.74) is 0.757. The molecule has 0 spiro atoms. The summed E-state index contributed by atoms with van der Waals surface area (Å²) in [7, 11) is 0. The summed E-state index contributed by atoms with van der Waals surface area (Å²) >= 11 is 0. The number of anilines is 2. The first-order valence-electron chi connectivity index (χ1n) is 13.1. The second-order valence-electron chi connectivity index (χ2n) is 10.2. The highest BCUT2D eigenvalue weighted by Crippen LogP contribution is 2.39. The average Bonchev–Trinajstić information content (AvgIpc) is 3.24. The van der Waals surface area contributed by atoms with Crippen molar-refractivity contribution in [3.05, 3.63) is 83.4 Å². The normalized spacial score (nSPS) is 20.4. The minimum absolute atomic E-state index is 0.0529. The van der Waals surface area contributed by atoms with E-state index in [1.54, 1.807) is 31.2 Å². The number of nitriles is 1. The number of aromatic nitrogens is 2. The Bertz CT molecular complexity index is 1590. The molecule has 3 atom stereocenters. The van der Waals surface area contributed by atoms with Gasteiger partial charge in [0.05, 0.1) is 0 Å². The fourth-order valence-electron chi connectivity index (χ4n) is 5.23. The maximum atomic E-state index is 14.5. The molecule has 13 heteroatoms. The van der Waals surface area contributed by atoms with Crippen molar-refractivity contribution in [3.8, 4) is 6.07 Å². The van der Waals surface area contributed by atoms with Gasteiger partial charge >= 0.3 is 0 Å². The number of hydrogen-bond acceptors (Lipinski definition) is 7. The van der Waals surface area contributed by atoms with E-state index >= 15 is 0 Å². The number of aliphatic hydroxyl groups is 1. The van der Waals surface area contributed by atoms with Crippen LogP contribution in [0.15, 0.2) is 60.8 Å². The lowest BCUT2D eigenvalue weighted by Gasteiger charge is -2.39. The first-order chi connectivity index (χ1) is 20.0. The highest BCUT2D eigenvalue weighted by atomic mass is 19.3. The Kier molecular flexibility index (Phi) is 7.66. The quantitative estimate of drug-likeness (QED) is 0.440. The van der Waals surface area contributed by atoms with Gasteiger partial charge in [0, 0.05) is 37.2 Å². The Balaban J connectivity index is 1.63. The Hall–Kier alpha value is -4.83. The molecule has 2 aliphatic rings. The van der Waals surface area contributed by atoms with Gasteiger partial charge in [-0.05, 0) is 42.3 Å². The number of halogens is 3. The first kappa shape index (κ1) is 28.7. The van der Waals surface area contributed by atoms with Crippen LogP contribution in [0.1, 0.15) is 42.1 Å². The number of rotatable bonds is 7. The van der Waals surface area contributed by atoms with Crippen LogP contribution < -0.4 is 15.1 Å². The van der Waals surface area contributed by atoms with Crippen LogP contribution in [0.2, 0.25) is 0 Å². The third kappa shape index (κ3) is 5.53. The smallest absolute Gasteiger partial charge is 0.259 e. The molecule has 2 fully saturated rings. The van der Waals surface area contributed by atoms with Gasteiger partial charge < -0.3 is 10.4 Å². The lowest BCUT2D eigenvalue weighted by atomic mass is 9.87. The summed E-state index contributed by atoms with van der Waals surface area (Å²) in [6, 6.07) is 10.8. The highest BCUT2D eigenvalue weighted by Gasteiger charge is 2.50. The molecule has 2 heterocycles. The van der Waals surface area contributed by atoms with Crippen molar-refractivity contribution in [2.45, 2.75) is 56.3 Å². The van der Waals surface area contributed by atoms with Crippen molar-refractivity contribution in [1.82, 2.24) is 15.3 Å². The number of nitrogens with one attached hydrogen (secondary N) is 1. The molecule has 1 aliphatic heterocycles. The number of alkyl halides is 2. The van der Waals surface area contributed by atoms with E-state index in [2.05, 4.69) is 15.3 Å². The van der Waals surface area contributed by atoms with E-state index < -0.39 is 73.0 Å². The molecule has 216 valence electrons. The molecule has 3 amide bonds. The second-order valence-corrected chi connectivity index (χ2v) is 10.2. The van der Waals surface area contributed by atoms with E-state index in [1.165, 1.54) is 24.4 Å². The van der Waals surface area contributed by atoms with Crippen LogP contribution in [0.5, 0.6) is 0 Å². The van der Waals surface area contributed by atoms with Crippen LogP contribution in [0.3, 0.4) is 0 Å². The summed E-state index contributed by atoms with van der Waals surface area (Å²) < 4.78 is 41.8. The molecule has 0 radical (unpaired) electrons. The van der Waals surface area contributed by atoms with Crippen molar-refractivity contribution >= 4 is 29.4 Å². The van der Waals surface area contributed by atoms with Gasteiger partial charge in [-0.15, -0.1) is 0 Å². The second kappa shape index (κ2) is 11.2. The van der Waals surface area contributed by atoms with E-state index in [4.69, 9.17) is 0 Å². The van der Waals surface area contributed by atoms with Crippen LogP contribution in [0.4, 0.5) is 24.8 Å². The molecule has 5 rings (SSSR count). The lowest BCUT2D eigenvalue weighted by molar-refractivity contribution is -0.133. The molecule has 3 unspecified atom stereocenters. The van der Waals surface area contributed by atoms with E-state index in [1.807, 2.05) is 6.07 Å². The fourth-order valence-corrected chi connectivity index (χ4v) is 5.23. The summed E-state index contributed by atoms with van der Waals surface area (Å²) in [5, 5.41) is 22.4. The maximum Gasteiger partial charge on any atom is 0.259 e. The van der Waals surface area contributed by atoms with Gasteiger partial charge in [0.25, 0.3) is 17.7 Å². The van der Waals surface area contributed by atoms with Crippen molar-refractivity contribution in [1.29, 1.82) is 5.26 Å². The number of aliphatic hydroxyl groups excluding tert-OH is 1.